The molecule has 38 heavy (non-hydrogen) atoms. The molecule has 0 aromatic heterocycles. The van der Waals surface area contributed by atoms with Crippen molar-refractivity contribution in [2.24, 2.45) is 0 Å². The maximum Gasteiger partial charge on any atom is 0.435 e. The minimum Gasteiger partial charge on any atom is -0.320 e. The van der Waals surface area contributed by atoms with Gasteiger partial charge in [0.05, 0.1) is 11.3 Å². The molecule has 2 N–H and O–H groups in total. The summed E-state index contributed by atoms with van der Waals surface area (Å²) in [4.78, 5) is 25.2. The van der Waals surface area contributed by atoms with Crippen molar-refractivity contribution in [3.05, 3.63) is 92.1 Å². The number of hydrogen-bond acceptors (Lipinski definition) is 3. The van der Waals surface area contributed by atoms with E-state index in [0.29, 0.717) is 0 Å². The van der Waals surface area contributed by atoms with Crippen molar-refractivity contribution in [1.29, 1.82) is 0 Å². The van der Waals surface area contributed by atoms with Crippen molar-refractivity contribution in [3.8, 4) is 0 Å². The first-order valence-corrected chi connectivity index (χ1v) is 11.6. The highest BCUT2D eigenvalue weighted by molar-refractivity contribution is 9.11. The summed E-state index contributed by atoms with van der Waals surface area (Å²) < 4.78 is 107. The topological polar surface area (TPSA) is 69.6 Å². The molecular weight excluding hydrogens is 664 g/mol. The zero-order valence-corrected chi connectivity index (χ0v) is 21.4. The predicted molar refractivity (Wildman–Crippen MR) is 126 cm³/mol. The number of carbonyl (C=O) groups is 2. The number of rotatable bonds is 5. The van der Waals surface area contributed by atoms with Gasteiger partial charge in [0, 0.05) is 20.1 Å². The van der Waals surface area contributed by atoms with E-state index in [1.165, 1.54) is 24.3 Å². The van der Waals surface area contributed by atoms with Crippen LogP contribution < -0.4 is 10.4 Å². The van der Waals surface area contributed by atoms with Gasteiger partial charge < -0.3 is 5.32 Å². The van der Waals surface area contributed by atoms with Crippen LogP contribution in [0, 0.1) is 5.82 Å². The number of carbonyl (C=O) groups excluding carboxylic acids is 2. The maximum absolute atomic E-state index is 15.1. The van der Waals surface area contributed by atoms with E-state index in [1.807, 2.05) is 0 Å². The molecule has 0 atom stereocenters. The zero-order chi connectivity index (χ0) is 28.6. The van der Waals surface area contributed by atoms with Crippen LogP contribution in [-0.4, -0.2) is 29.4 Å². The van der Waals surface area contributed by atoms with Crippen LogP contribution in [0.2, 0.25) is 0 Å². The van der Waals surface area contributed by atoms with Crippen LogP contribution in [0.5, 0.6) is 0 Å². The summed E-state index contributed by atoms with van der Waals surface area (Å²) in [6.45, 7) is 0. The standard InChI is InChI=1S/C23H12Br2F8N2O3/c24-14-9-12(21(27,22(28,29)30)23(31,32)33)10-15(25)18(14)34-19(36)13-7-4-8-16(17(13)26)35(38)20(37)11-5-2-1-3-6-11/h1-10,38H,(H,34,36). The summed E-state index contributed by atoms with van der Waals surface area (Å²) in [5.74, 6) is -3.68. The minimum atomic E-state index is -6.37. The number of hydrogen-bond donors (Lipinski definition) is 2. The van der Waals surface area contributed by atoms with Crippen molar-refractivity contribution in [2.45, 2.75) is 18.0 Å². The Balaban J connectivity index is 1.96. The van der Waals surface area contributed by atoms with Gasteiger partial charge in [0.2, 0.25) is 0 Å². The number of benzene rings is 3. The highest BCUT2D eigenvalue weighted by Crippen LogP contribution is 2.54. The normalized spacial score (nSPS) is 12.3. The number of hydroxylamine groups is 1. The number of alkyl halides is 7. The molecule has 0 saturated carbocycles. The molecule has 3 aromatic carbocycles. The number of amides is 2. The lowest BCUT2D eigenvalue weighted by atomic mass is 9.94. The van der Waals surface area contributed by atoms with E-state index in [4.69, 9.17) is 0 Å². The molecule has 0 aliphatic heterocycles. The van der Waals surface area contributed by atoms with Gasteiger partial charge in [-0.25, -0.2) is 8.78 Å². The van der Waals surface area contributed by atoms with E-state index in [1.54, 1.807) is 6.07 Å². The Morgan fingerprint density at radius 2 is 1.34 bits per heavy atom. The minimum absolute atomic E-state index is 0.0149. The Labute approximate surface area is 225 Å². The van der Waals surface area contributed by atoms with Crippen LogP contribution in [0.4, 0.5) is 46.5 Å². The second kappa shape index (κ2) is 10.6. The van der Waals surface area contributed by atoms with Gasteiger partial charge in [-0.3, -0.25) is 14.8 Å². The molecule has 15 heteroatoms. The Kier molecular flexibility index (Phi) is 8.24. The van der Waals surface area contributed by atoms with E-state index in [-0.39, 0.29) is 22.8 Å². The SMILES string of the molecule is O=C(Nc1c(Br)cc(C(F)(C(F)(F)F)C(F)(F)F)cc1Br)c1cccc(N(O)C(=O)c2ccccc2)c1F. The van der Waals surface area contributed by atoms with Gasteiger partial charge in [-0.05, 0) is 68.3 Å². The van der Waals surface area contributed by atoms with E-state index < -0.39 is 67.1 Å². The fourth-order valence-electron chi connectivity index (χ4n) is 3.23. The fraction of sp³-hybridized carbons (Fsp3) is 0.130. The first kappa shape index (κ1) is 29.5. The van der Waals surface area contributed by atoms with Gasteiger partial charge in [-0.15, -0.1) is 0 Å². The van der Waals surface area contributed by atoms with Crippen LogP contribution in [0.25, 0.3) is 0 Å². The molecular formula is C23H12Br2F8N2O3. The first-order chi connectivity index (χ1) is 17.5. The van der Waals surface area contributed by atoms with Crippen LogP contribution in [-0.2, 0) is 5.67 Å². The van der Waals surface area contributed by atoms with Gasteiger partial charge in [-0.1, -0.05) is 24.3 Å². The second-order valence-electron chi connectivity index (χ2n) is 7.54. The molecule has 3 rings (SSSR count). The monoisotopic (exact) mass is 674 g/mol. The third-order valence-electron chi connectivity index (χ3n) is 5.12. The van der Waals surface area contributed by atoms with Crippen LogP contribution >= 0.6 is 31.9 Å². The molecule has 0 unspecified atom stereocenters. The number of nitrogens with one attached hydrogen (secondary N) is 1. The van der Waals surface area contributed by atoms with Gasteiger partial charge in [0.1, 0.15) is 5.69 Å². The first-order valence-electron chi connectivity index (χ1n) is 10.0. The molecule has 0 fully saturated rings. The highest BCUT2D eigenvalue weighted by atomic mass is 79.9. The van der Waals surface area contributed by atoms with E-state index in [0.717, 1.165) is 18.2 Å². The molecule has 0 spiro atoms. The predicted octanol–water partition coefficient (Wildman–Crippen LogP) is 7.93. The lowest BCUT2D eigenvalue weighted by molar-refractivity contribution is -0.348. The van der Waals surface area contributed by atoms with Crippen LogP contribution in [0.15, 0.2) is 69.6 Å². The maximum atomic E-state index is 15.1. The summed E-state index contributed by atoms with van der Waals surface area (Å²) in [6.07, 6.45) is -12.7. The number of halogens is 10. The molecule has 2 amide bonds. The fourth-order valence-corrected chi connectivity index (χ4v) is 4.62. The van der Waals surface area contributed by atoms with Crippen molar-refractivity contribution in [2.75, 3.05) is 10.4 Å². The summed E-state index contributed by atoms with van der Waals surface area (Å²) in [7, 11) is 0. The zero-order valence-electron chi connectivity index (χ0n) is 18.3. The summed E-state index contributed by atoms with van der Waals surface area (Å²) in [5, 5.41) is 12.3. The Morgan fingerprint density at radius 1 is 0.816 bits per heavy atom. The smallest absolute Gasteiger partial charge is 0.320 e. The van der Waals surface area contributed by atoms with Gasteiger partial charge >= 0.3 is 18.0 Å². The van der Waals surface area contributed by atoms with Crippen molar-refractivity contribution < 1.29 is 49.9 Å². The van der Waals surface area contributed by atoms with Crippen LogP contribution in [0.1, 0.15) is 26.3 Å². The average molecular weight is 676 g/mol. The summed E-state index contributed by atoms with van der Waals surface area (Å²) in [5.41, 5.74) is -9.52. The molecule has 0 saturated heterocycles. The molecule has 0 bridgehead atoms. The second-order valence-corrected chi connectivity index (χ2v) is 9.25. The summed E-state index contributed by atoms with van der Waals surface area (Å²) >= 11 is 5.39. The largest absolute Gasteiger partial charge is 0.435 e. The van der Waals surface area contributed by atoms with Crippen LogP contribution in [0.3, 0.4) is 0 Å². The van der Waals surface area contributed by atoms with E-state index in [2.05, 4.69) is 37.2 Å². The third kappa shape index (κ3) is 5.40. The average Bonchev–Trinajstić information content (AvgIpc) is 2.83. The number of nitrogens with zero attached hydrogens (tertiary/aromatic N) is 1. The molecule has 0 aliphatic rings. The Bertz CT molecular complexity index is 1340. The number of anilines is 2. The van der Waals surface area contributed by atoms with Crippen molar-refractivity contribution in [1.82, 2.24) is 0 Å². The summed E-state index contributed by atoms with van der Waals surface area (Å²) in [6, 6.07) is 10.6. The highest BCUT2D eigenvalue weighted by Gasteiger charge is 2.73. The van der Waals surface area contributed by atoms with Gasteiger partial charge in [0.25, 0.3) is 11.8 Å². The molecule has 0 aliphatic carbocycles. The lowest BCUT2D eigenvalue weighted by Gasteiger charge is -2.31. The quantitative estimate of drug-likeness (QED) is 0.164. The van der Waals surface area contributed by atoms with Gasteiger partial charge in [-0.2, -0.15) is 31.4 Å². The molecule has 0 radical (unpaired) electrons. The van der Waals surface area contributed by atoms with E-state index >= 15 is 4.39 Å². The molecule has 202 valence electrons. The lowest BCUT2D eigenvalue weighted by Crippen LogP contribution is -2.50. The van der Waals surface area contributed by atoms with Crippen molar-refractivity contribution in [3.63, 3.8) is 0 Å². The van der Waals surface area contributed by atoms with Gasteiger partial charge in [0.15, 0.2) is 5.82 Å². The Hall–Kier alpha value is -3.04. The third-order valence-corrected chi connectivity index (χ3v) is 6.37. The Morgan fingerprint density at radius 3 is 1.84 bits per heavy atom. The molecule has 5 nitrogen and oxygen atoms in total. The molecule has 3 aromatic rings. The van der Waals surface area contributed by atoms with E-state index in [9.17, 15) is 45.5 Å². The molecule has 0 heterocycles. The van der Waals surface area contributed by atoms with Crippen molar-refractivity contribution >= 4 is 55.0 Å².